The zero-order chi connectivity index (χ0) is 19.0. The third-order valence-corrected chi connectivity index (χ3v) is 6.58. The summed E-state index contributed by atoms with van der Waals surface area (Å²) in [6, 6.07) is 21.8. The molecule has 0 radical (unpaired) electrons. The molecule has 5 nitrogen and oxygen atoms in total. The van der Waals surface area contributed by atoms with Crippen molar-refractivity contribution in [1.82, 2.24) is 0 Å². The molecule has 3 aromatic carbocycles. The maximum absolute atomic E-state index is 12.4. The zero-order valence-corrected chi connectivity index (χ0v) is 15.6. The fourth-order valence-corrected chi connectivity index (χ4v) is 5.03. The molecule has 6 heteroatoms. The van der Waals surface area contributed by atoms with Crippen LogP contribution in [0.3, 0.4) is 0 Å². The average Bonchev–Trinajstić information content (AvgIpc) is 2.67. The van der Waals surface area contributed by atoms with E-state index in [1.54, 1.807) is 24.3 Å². The third kappa shape index (κ3) is 3.13. The summed E-state index contributed by atoms with van der Waals surface area (Å²) in [5, 5.41) is 10.3. The van der Waals surface area contributed by atoms with Crippen LogP contribution in [0.4, 0.5) is 5.69 Å². The van der Waals surface area contributed by atoms with E-state index in [4.69, 9.17) is 4.74 Å². The Morgan fingerprint density at radius 3 is 2.22 bits per heavy atom. The largest absolute Gasteiger partial charge is 0.507 e. The Hall–Kier alpha value is -2.99. The number of anilines is 1. The summed E-state index contributed by atoms with van der Waals surface area (Å²) in [5.74, 6) is 0.519. The number of rotatable bonds is 4. The van der Waals surface area contributed by atoms with Crippen molar-refractivity contribution in [3.63, 3.8) is 0 Å². The van der Waals surface area contributed by atoms with Crippen LogP contribution in [0.1, 0.15) is 11.6 Å². The fraction of sp³-hybridized carbons (Fsp3) is 0.143. The van der Waals surface area contributed by atoms with Crippen LogP contribution >= 0.6 is 0 Å². The molecular weight excluding hydrogens is 362 g/mol. The van der Waals surface area contributed by atoms with Gasteiger partial charge in [-0.15, -0.1) is 0 Å². The van der Waals surface area contributed by atoms with Crippen molar-refractivity contribution in [3.8, 4) is 22.6 Å². The molecule has 1 aliphatic rings. The monoisotopic (exact) mass is 381 g/mol. The van der Waals surface area contributed by atoms with Gasteiger partial charge in [0.15, 0.2) is 0 Å². The second-order valence-corrected chi connectivity index (χ2v) is 8.32. The maximum Gasteiger partial charge on any atom is 0.238 e. The lowest BCUT2D eigenvalue weighted by molar-refractivity contribution is 0.405. The summed E-state index contributed by atoms with van der Waals surface area (Å²) in [5.41, 5.74) is 3.24. The first-order valence-corrected chi connectivity index (χ1v) is 10.1. The number of ether oxygens (including phenoxy) is 1. The van der Waals surface area contributed by atoms with Crippen LogP contribution in [0.2, 0.25) is 0 Å². The minimum atomic E-state index is -3.39. The highest BCUT2D eigenvalue weighted by molar-refractivity contribution is 7.94. The maximum atomic E-state index is 12.4. The smallest absolute Gasteiger partial charge is 0.238 e. The highest BCUT2D eigenvalue weighted by atomic mass is 32.2. The minimum Gasteiger partial charge on any atom is -0.507 e. The Morgan fingerprint density at radius 2 is 1.63 bits per heavy atom. The minimum absolute atomic E-state index is 0.0279. The molecule has 0 bridgehead atoms. The Kier molecular flexibility index (Phi) is 4.28. The van der Waals surface area contributed by atoms with Gasteiger partial charge in [-0.25, -0.2) is 8.42 Å². The topological polar surface area (TPSA) is 66.8 Å². The van der Waals surface area contributed by atoms with E-state index in [1.165, 1.54) is 17.5 Å². The lowest BCUT2D eigenvalue weighted by Crippen LogP contribution is -2.50. The first-order valence-electron chi connectivity index (χ1n) is 8.54. The first-order chi connectivity index (χ1) is 13.0. The van der Waals surface area contributed by atoms with Crippen molar-refractivity contribution in [2.75, 3.05) is 17.2 Å². The normalized spacial score (nSPS) is 18.0. The predicted octanol–water partition coefficient (Wildman–Crippen LogP) is 3.96. The second-order valence-electron chi connectivity index (χ2n) is 6.43. The average molecular weight is 381 g/mol. The molecule has 1 N–H and O–H groups in total. The summed E-state index contributed by atoms with van der Waals surface area (Å²) < 4.78 is 31.3. The molecule has 1 heterocycles. The summed E-state index contributed by atoms with van der Waals surface area (Å²) in [6.07, 6.45) is 0. The Bertz CT molecular complexity index is 1060. The van der Waals surface area contributed by atoms with Crippen molar-refractivity contribution in [1.29, 1.82) is 0 Å². The van der Waals surface area contributed by atoms with Gasteiger partial charge in [0.05, 0.1) is 24.6 Å². The number of phenolic OH excluding ortho intramolecular Hbond substituents is 1. The standard InChI is InChI=1S/C21H19NO4S/c1-26-18-11-12-19(21(23)13-18)20-14-27(24,25)22(20)17-9-7-16(8-10-17)15-5-3-2-4-6-15/h2-13,20,23H,14H2,1H3. The highest BCUT2D eigenvalue weighted by Crippen LogP contribution is 2.43. The lowest BCUT2D eigenvalue weighted by atomic mass is 10.0. The van der Waals surface area contributed by atoms with E-state index < -0.39 is 16.1 Å². The zero-order valence-electron chi connectivity index (χ0n) is 14.7. The molecule has 4 rings (SSSR count). The molecule has 0 aliphatic carbocycles. The number of benzene rings is 3. The van der Waals surface area contributed by atoms with Crippen molar-refractivity contribution >= 4 is 15.7 Å². The lowest BCUT2D eigenvalue weighted by Gasteiger charge is -2.42. The number of nitrogens with zero attached hydrogens (tertiary/aromatic N) is 1. The van der Waals surface area contributed by atoms with Gasteiger partial charge >= 0.3 is 0 Å². The van der Waals surface area contributed by atoms with Crippen LogP contribution in [0, 0.1) is 0 Å². The van der Waals surface area contributed by atoms with Crippen LogP contribution in [-0.4, -0.2) is 26.4 Å². The molecule has 3 aromatic rings. The number of sulfonamides is 1. The molecule has 0 amide bonds. The van der Waals surface area contributed by atoms with Crippen molar-refractivity contribution < 1.29 is 18.3 Å². The van der Waals surface area contributed by atoms with E-state index in [9.17, 15) is 13.5 Å². The quantitative estimate of drug-likeness (QED) is 0.743. The number of hydrogen-bond donors (Lipinski definition) is 1. The SMILES string of the molecule is COc1ccc(C2CS(=O)(=O)N2c2ccc(-c3ccccc3)cc2)c(O)c1. The number of methoxy groups -OCH3 is 1. The Balaban J connectivity index is 1.67. The van der Waals surface area contributed by atoms with E-state index in [0.29, 0.717) is 17.0 Å². The molecule has 1 atom stereocenters. The number of aromatic hydroxyl groups is 1. The van der Waals surface area contributed by atoms with Gasteiger partial charge in [0.1, 0.15) is 11.5 Å². The number of phenols is 1. The van der Waals surface area contributed by atoms with Gasteiger partial charge < -0.3 is 9.84 Å². The molecule has 1 aliphatic heterocycles. The van der Waals surface area contributed by atoms with Gasteiger partial charge in [0.25, 0.3) is 0 Å². The summed E-state index contributed by atoms with van der Waals surface area (Å²) in [6.45, 7) is 0. The molecule has 1 saturated heterocycles. The van der Waals surface area contributed by atoms with Gasteiger partial charge in [0.2, 0.25) is 10.0 Å². The second kappa shape index (κ2) is 6.63. The van der Waals surface area contributed by atoms with Crippen LogP contribution in [0.5, 0.6) is 11.5 Å². The highest BCUT2D eigenvalue weighted by Gasteiger charge is 2.45. The van der Waals surface area contributed by atoms with E-state index in [-0.39, 0.29) is 11.5 Å². The third-order valence-electron chi connectivity index (χ3n) is 4.78. The van der Waals surface area contributed by atoms with Gasteiger partial charge in [-0.1, -0.05) is 42.5 Å². The van der Waals surface area contributed by atoms with Crippen LogP contribution in [0.15, 0.2) is 72.8 Å². The number of hydrogen-bond acceptors (Lipinski definition) is 4. The molecule has 27 heavy (non-hydrogen) atoms. The predicted molar refractivity (Wildman–Crippen MR) is 106 cm³/mol. The van der Waals surface area contributed by atoms with Gasteiger partial charge in [-0.05, 0) is 35.4 Å². The van der Waals surface area contributed by atoms with Crippen molar-refractivity contribution in [3.05, 3.63) is 78.4 Å². The van der Waals surface area contributed by atoms with Crippen LogP contribution in [-0.2, 0) is 10.0 Å². The summed E-state index contributed by atoms with van der Waals surface area (Å²) >= 11 is 0. The van der Waals surface area contributed by atoms with E-state index in [1.807, 2.05) is 42.5 Å². The molecule has 0 spiro atoms. The Labute approximate surface area is 158 Å². The molecule has 0 aromatic heterocycles. The van der Waals surface area contributed by atoms with Gasteiger partial charge in [-0.2, -0.15) is 0 Å². The first kappa shape index (κ1) is 17.4. The Morgan fingerprint density at radius 1 is 0.963 bits per heavy atom. The molecule has 1 unspecified atom stereocenters. The van der Waals surface area contributed by atoms with E-state index >= 15 is 0 Å². The van der Waals surface area contributed by atoms with Gasteiger partial charge in [0, 0.05) is 11.6 Å². The van der Waals surface area contributed by atoms with Crippen molar-refractivity contribution in [2.24, 2.45) is 0 Å². The van der Waals surface area contributed by atoms with Crippen LogP contribution < -0.4 is 9.04 Å². The summed E-state index contributed by atoms with van der Waals surface area (Å²) in [7, 11) is -1.87. The van der Waals surface area contributed by atoms with Crippen LogP contribution in [0.25, 0.3) is 11.1 Å². The van der Waals surface area contributed by atoms with E-state index in [0.717, 1.165) is 11.1 Å². The van der Waals surface area contributed by atoms with Gasteiger partial charge in [-0.3, -0.25) is 4.31 Å². The fourth-order valence-electron chi connectivity index (χ4n) is 3.38. The van der Waals surface area contributed by atoms with Crippen molar-refractivity contribution in [2.45, 2.75) is 6.04 Å². The molecule has 138 valence electrons. The summed E-state index contributed by atoms with van der Waals surface area (Å²) in [4.78, 5) is 0. The van der Waals surface area contributed by atoms with E-state index in [2.05, 4.69) is 0 Å². The molecule has 1 fully saturated rings. The molecular formula is C21H19NO4S. The molecule has 0 saturated carbocycles.